The fourth-order valence-electron chi connectivity index (χ4n) is 3.09. The molecule has 1 unspecified atom stereocenters. The standard InChI is InChI=1S/C20H16FN7O/c21-15-10-23-20(26-13-2-1-11-9-24-28-17(11)8-13)27-19(15)25-12-3-4-18-14(7-12)16(22)5-6-29-18/h1-10,16H,22H2,(H,24,28)(H2,23,25,26,27). The quantitative estimate of drug-likeness (QED) is 0.419. The molecule has 144 valence electrons. The van der Waals surface area contributed by atoms with Crippen molar-refractivity contribution < 1.29 is 9.13 Å². The van der Waals surface area contributed by atoms with Gasteiger partial charge in [0.2, 0.25) is 5.95 Å². The van der Waals surface area contributed by atoms with Gasteiger partial charge in [-0.25, -0.2) is 9.37 Å². The highest BCUT2D eigenvalue weighted by Gasteiger charge is 2.15. The number of aromatic amines is 1. The van der Waals surface area contributed by atoms with E-state index in [-0.39, 0.29) is 17.8 Å². The van der Waals surface area contributed by atoms with Crippen molar-refractivity contribution in [3.63, 3.8) is 0 Å². The molecule has 0 radical (unpaired) electrons. The van der Waals surface area contributed by atoms with E-state index in [4.69, 9.17) is 10.5 Å². The summed E-state index contributed by atoms with van der Waals surface area (Å²) >= 11 is 0. The van der Waals surface area contributed by atoms with E-state index in [1.807, 2.05) is 24.3 Å². The van der Waals surface area contributed by atoms with E-state index in [0.29, 0.717) is 11.4 Å². The summed E-state index contributed by atoms with van der Waals surface area (Å²) in [5.41, 5.74) is 9.14. The zero-order chi connectivity index (χ0) is 19.8. The van der Waals surface area contributed by atoms with Crippen molar-refractivity contribution in [2.75, 3.05) is 10.6 Å². The SMILES string of the molecule is NC1C=COc2ccc(Nc3nc(Nc4ccc5cn[nH]c5c4)ncc3F)cc21. The number of halogens is 1. The molecule has 4 aromatic rings. The van der Waals surface area contributed by atoms with Gasteiger partial charge in [-0.15, -0.1) is 0 Å². The fourth-order valence-corrected chi connectivity index (χ4v) is 3.09. The molecule has 0 amide bonds. The lowest BCUT2D eigenvalue weighted by molar-refractivity contribution is 0.454. The number of nitrogens with zero attached hydrogens (tertiary/aromatic N) is 3. The second kappa shape index (κ2) is 6.88. The lowest BCUT2D eigenvalue weighted by Crippen LogP contribution is -2.12. The Morgan fingerprint density at radius 1 is 1.07 bits per heavy atom. The second-order valence-corrected chi connectivity index (χ2v) is 6.54. The summed E-state index contributed by atoms with van der Waals surface area (Å²) in [5.74, 6) is 0.405. The average Bonchev–Trinajstić information content (AvgIpc) is 3.19. The third-order valence-electron chi connectivity index (χ3n) is 4.55. The Labute approximate surface area is 164 Å². The normalized spacial score (nSPS) is 15.0. The molecular formula is C20H16FN7O. The van der Waals surface area contributed by atoms with Crippen molar-refractivity contribution in [1.29, 1.82) is 0 Å². The molecule has 1 aliphatic rings. The number of hydrogen-bond donors (Lipinski definition) is 4. The number of aromatic nitrogens is 4. The predicted molar refractivity (Wildman–Crippen MR) is 108 cm³/mol. The van der Waals surface area contributed by atoms with Crippen molar-refractivity contribution in [3.8, 4) is 5.75 Å². The molecule has 29 heavy (non-hydrogen) atoms. The number of fused-ring (bicyclic) bond motifs is 2. The maximum absolute atomic E-state index is 14.3. The van der Waals surface area contributed by atoms with Crippen molar-refractivity contribution >= 4 is 34.0 Å². The first-order chi connectivity index (χ1) is 14.2. The van der Waals surface area contributed by atoms with Crippen LogP contribution in [-0.2, 0) is 0 Å². The number of anilines is 4. The molecule has 5 rings (SSSR count). The van der Waals surface area contributed by atoms with Crippen LogP contribution in [0.25, 0.3) is 10.9 Å². The van der Waals surface area contributed by atoms with Crippen LogP contribution in [0.4, 0.5) is 27.5 Å². The van der Waals surface area contributed by atoms with Gasteiger partial charge in [-0.1, -0.05) is 0 Å². The Kier molecular flexibility index (Phi) is 4.07. The summed E-state index contributed by atoms with van der Waals surface area (Å²) in [6.45, 7) is 0. The van der Waals surface area contributed by atoms with Gasteiger partial charge < -0.3 is 21.1 Å². The minimum absolute atomic E-state index is 0.0471. The maximum Gasteiger partial charge on any atom is 0.229 e. The lowest BCUT2D eigenvalue weighted by Gasteiger charge is -2.18. The van der Waals surface area contributed by atoms with E-state index >= 15 is 0 Å². The first-order valence-corrected chi connectivity index (χ1v) is 8.88. The van der Waals surface area contributed by atoms with Gasteiger partial charge >= 0.3 is 0 Å². The highest BCUT2D eigenvalue weighted by Crippen LogP contribution is 2.32. The summed E-state index contributed by atoms with van der Waals surface area (Å²) in [4.78, 5) is 8.26. The second-order valence-electron chi connectivity index (χ2n) is 6.54. The zero-order valence-corrected chi connectivity index (χ0v) is 15.1. The largest absolute Gasteiger partial charge is 0.465 e. The van der Waals surface area contributed by atoms with Crippen molar-refractivity contribution in [3.05, 3.63) is 72.5 Å². The number of H-pyrrole nitrogens is 1. The van der Waals surface area contributed by atoms with Crippen LogP contribution in [0.5, 0.6) is 5.75 Å². The van der Waals surface area contributed by atoms with Crippen LogP contribution in [0.15, 0.2) is 61.1 Å². The van der Waals surface area contributed by atoms with E-state index < -0.39 is 5.82 Å². The Bertz CT molecular complexity index is 1240. The van der Waals surface area contributed by atoms with E-state index in [2.05, 4.69) is 30.8 Å². The summed E-state index contributed by atoms with van der Waals surface area (Å²) in [5, 5.41) is 13.9. The van der Waals surface area contributed by atoms with Crippen LogP contribution in [-0.4, -0.2) is 20.2 Å². The zero-order valence-electron chi connectivity index (χ0n) is 15.1. The Morgan fingerprint density at radius 3 is 2.86 bits per heavy atom. The molecule has 0 bridgehead atoms. The monoisotopic (exact) mass is 389 g/mol. The van der Waals surface area contributed by atoms with E-state index in [0.717, 1.165) is 28.4 Å². The Hall–Kier alpha value is -3.98. The summed E-state index contributed by atoms with van der Waals surface area (Å²) in [6.07, 6.45) is 6.15. The van der Waals surface area contributed by atoms with Crippen molar-refractivity contribution in [2.45, 2.75) is 6.04 Å². The van der Waals surface area contributed by atoms with Crippen molar-refractivity contribution in [1.82, 2.24) is 20.2 Å². The lowest BCUT2D eigenvalue weighted by atomic mass is 10.0. The average molecular weight is 389 g/mol. The van der Waals surface area contributed by atoms with Crippen LogP contribution in [0.3, 0.4) is 0 Å². The number of ether oxygens (including phenoxy) is 1. The number of nitrogens with one attached hydrogen (secondary N) is 3. The topological polar surface area (TPSA) is 114 Å². The number of nitrogens with two attached hydrogens (primary N) is 1. The highest BCUT2D eigenvalue weighted by molar-refractivity contribution is 5.82. The van der Waals surface area contributed by atoms with E-state index in [1.54, 1.807) is 30.7 Å². The van der Waals surface area contributed by atoms with Crippen LogP contribution in [0.2, 0.25) is 0 Å². The van der Waals surface area contributed by atoms with E-state index in [9.17, 15) is 4.39 Å². The number of hydrogen-bond acceptors (Lipinski definition) is 7. The van der Waals surface area contributed by atoms with Gasteiger partial charge in [-0.05, 0) is 42.5 Å². The Morgan fingerprint density at radius 2 is 1.93 bits per heavy atom. The first kappa shape index (κ1) is 17.1. The van der Waals surface area contributed by atoms with Gasteiger partial charge in [0.05, 0.1) is 30.2 Å². The molecule has 0 saturated heterocycles. The molecule has 5 N–H and O–H groups in total. The third-order valence-corrected chi connectivity index (χ3v) is 4.55. The fraction of sp³-hybridized carbons (Fsp3) is 0.0500. The van der Waals surface area contributed by atoms with Crippen LogP contribution >= 0.6 is 0 Å². The van der Waals surface area contributed by atoms with Gasteiger partial charge in [0.25, 0.3) is 0 Å². The smallest absolute Gasteiger partial charge is 0.229 e. The molecule has 2 aromatic carbocycles. The minimum Gasteiger partial charge on any atom is -0.465 e. The minimum atomic E-state index is -0.572. The molecule has 1 atom stereocenters. The summed E-state index contributed by atoms with van der Waals surface area (Å²) in [7, 11) is 0. The van der Waals surface area contributed by atoms with Crippen LogP contribution in [0, 0.1) is 5.82 Å². The van der Waals surface area contributed by atoms with E-state index in [1.165, 1.54) is 0 Å². The highest BCUT2D eigenvalue weighted by atomic mass is 19.1. The number of benzene rings is 2. The van der Waals surface area contributed by atoms with Crippen molar-refractivity contribution in [2.24, 2.45) is 5.73 Å². The van der Waals surface area contributed by atoms with Gasteiger partial charge in [0.1, 0.15) is 5.75 Å². The van der Waals surface area contributed by atoms with Crippen LogP contribution < -0.4 is 21.1 Å². The molecule has 8 nitrogen and oxygen atoms in total. The van der Waals surface area contributed by atoms with Crippen LogP contribution in [0.1, 0.15) is 11.6 Å². The van der Waals surface area contributed by atoms with Gasteiger partial charge in [0, 0.05) is 22.3 Å². The molecule has 3 heterocycles. The molecule has 0 spiro atoms. The molecule has 0 saturated carbocycles. The third kappa shape index (κ3) is 3.34. The first-order valence-electron chi connectivity index (χ1n) is 8.88. The summed E-state index contributed by atoms with van der Waals surface area (Å²) in [6, 6.07) is 10.7. The van der Waals surface area contributed by atoms with Gasteiger partial charge in [-0.2, -0.15) is 10.1 Å². The van der Waals surface area contributed by atoms with Gasteiger partial charge in [0.15, 0.2) is 11.6 Å². The molecule has 0 fully saturated rings. The Balaban J connectivity index is 1.40. The summed E-state index contributed by atoms with van der Waals surface area (Å²) < 4.78 is 19.7. The molecule has 1 aliphatic heterocycles. The maximum atomic E-state index is 14.3. The van der Waals surface area contributed by atoms with Gasteiger partial charge in [-0.3, -0.25) is 5.10 Å². The predicted octanol–water partition coefficient (Wildman–Crippen LogP) is 3.89. The molecule has 9 heteroatoms. The molecule has 0 aliphatic carbocycles. The molecular weight excluding hydrogens is 373 g/mol. The molecule has 2 aromatic heterocycles. The number of rotatable bonds is 4.